The summed E-state index contributed by atoms with van der Waals surface area (Å²) in [5.74, 6) is -0.202. The van der Waals surface area contributed by atoms with E-state index in [9.17, 15) is 13.2 Å². The Labute approximate surface area is 156 Å². The maximum Gasteiger partial charge on any atom is 0.241 e. The summed E-state index contributed by atoms with van der Waals surface area (Å²) < 4.78 is 25.9. The molecule has 0 aliphatic rings. The van der Waals surface area contributed by atoms with Gasteiger partial charge in [0.2, 0.25) is 15.9 Å². The van der Waals surface area contributed by atoms with Gasteiger partial charge in [-0.3, -0.25) is 9.10 Å². The van der Waals surface area contributed by atoms with Crippen LogP contribution in [-0.2, 0) is 14.8 Å². The molecule has 0 saturated carbocycles. The number of rotatable bonds is 7. The smallest absolute Gasteiger partial charge is 0.241 e. The highest BCUT2D eigenvalue weighted by atomic mass is 32.2. The molecule has 1 amide bonds. The number of para-hydroxylation sites is 1. The number of carbonyl (C=O) groups excluding carboxylic acids is 1. The van der Waals surface area contributed by atoms with Gasteiger partial charge in [-0.15, -0.1) is 0 Å². The number of anilines is 1. The second kappa shape index (κ2) is 8.36. The van der Waals surface area contributed by atoms with Crippen molar-refractivity contribution in [3.8, 4) is 0 Å². The Balaban J connectivity index is 2.23. The van der Waals surface area contributed by atoms with Gasteiger partial charge in [0.1, 0.15) is 6.54 Å². The molecule has 0 aliphatic carbocycles. The van der Waals surface area contributed by atoms with Crippen LogP contribution >= 0.6 is 0 Å². The second-order valence-corrected chi connectivity index (χ2v) is 8.59. The molecule has 0 fully saturated rings. The lowest BCUT2D eigenvalue weighted by molar-refractivity contribution is -0.120. The van der Waals surface area contributed by atoms with Crippen molar-refractivity contribution in [3.63, 3.8) is 0 Å². The topological polar surface area (TPSA) is 66.5 Å². The molecular weight excluding hydrogens is 348 g/mol. The first-order chi connectivity index (χ1) is 12.2. The standard InChI is InChI=1S/C20H26N2O3S/c1-15(2)18-12-8-9-13-19(18)22(26(4,24)25)14-20(23)21-16(3)17-10-6-5-7-11-17/h5-13,15-16H,14H2,1-4H3,(H,21,23)/t16-/m0/s1. The summed E-state index contributed by atoms with van der Waals surface area (Å²) in [6.45, 7) is 5.62. The van der Waals surface area contributed by atoms with E-state index >= 15 is 0 Å². The molecule has 0 saturated heterocycles. The van der Waals surface area contributed by atoms with Crippen molar-refractivity contribution in [1.29, 1.82) is 0 Å². The van der Waals surface area contributed by atoms with Crippen LogP contribution in [0.15, 0.2) is 54.6 Å². The molecule has 5 nitrogen and oxygen atoms in total. The van der Waals surface area contributed by atoms with Crippen LogP contribution in [0, 0.1) is 0 Å². The molecule has 140 valence electrons. The summed E-state index contributed by atoms with van der Waals surface area (Å²) in [5, 5.41) is 2.87. The normalized spacial score (nSPS) is 12.7. The zero-order chi connectivity index (χ0) is 19.3. The number of amides is 1. The van der Waals surface area contributed by atoms with Gasteiger partial charge in [0.05, 0.1) is 18.0 Å². The monoisotopic (exact) mass is 374 g/mol. The van der Waals surface area contributed by atoms with Crippen LogP contribution in [0.4, 0.5) is 5.69 Å². The molecule has 6 heteroatoms. The molecule has 2 aromatic rings. The predicted molar refractivity (Wildman–Crippen MR) is 106 cm³/mol. The first-order valence-corrected chi connectivity index (χ1v) is 10.5. The molecule has 0 heterocycles. The van der Waals surface area contributed by atoms with Crippen molar-refractivity contribution >= 4 is 21.6 Å². The molecule has 1 atom stereocenters. The summed E-state index contributed by atoms with van der Waals surface area (Å²) in [4.78, 5) is 12.5. The van der Waals surface area contributed by atoms with Crippen LogP contribution in [-0.4, -0.2) is 27.1 Å². The molecule has 0 aliphatic heterocycles. The fourth-order valence-electron chi connectivity index (χ4n) is 2.83. The number of nitrogens with zero attached hydrogens (tertiary/aromatic N) is 1. The van der Waals surface area contributed by atoms with Crippen LogP contribution in [0.5, 0.6) is 0 Å². The molecule has 2 rings (SSSR count). The van der Waals surface area contributed by atoms with E-state index in [4.69, 9.17) is 0 Å². The fourth-order valence-corrected chi connectivity index (χ4v) is 3.70. The van der Waals surface area contributed by atoms with Crippen LogP contribution in [0.25, 0.3) is 0 Å². The summed E-state index contributed by atoms with van der Waals surface area (Å²) in [6, 6.07) is 16.6. The molecule has 1 N–H and O–H groups in total. The molecule has 0 aromatic heterocycles. The lowest BCUT2D eigenvalue weighted by Crippen LogP contribution is -2.41. The number of hydrogen-bond acceptors (Lipinski definition) is 3. The zero-order valence-electron chi connectivity index (χ0n) is 15.6. The first-order valence-electron chi connectivity index (χ1n) is 8.61. The van der Waals surface area contributed by atoms with Crippen LogP contribution in [0.2, 0.25) is 0 Å². The van der Waals surface area contributed by atoms with Crippen molar-refractivity contribution in [2.45, 2.75) is 32.7 Å². The van der Waals surface area contributed by atoms with E-state index in [0.29, 0.717) is 5.69 Å². The minimum absolute atomic E-state index is 0.141. The van der Waals surface area contributed by atoms with Gasteiger partial charge >= 0.3 is 0 Å². The van der Waals surface area contributed by atoms with Gasteiger partial charge < -0.3 is 5.32 Å². The number of carbonyl (C=O) groups is 1. The largest absolute Gasteiger partial charge is 0.348 e. The van der Waals surface area contributed by atoms with E-state index in [-0.39, 0.29) is 24.4 Å². The SMILES string of the molecule is CC(C)c1ccccc1N(CC(=O)N[C@@H](C)c1ccccc1)S(C)(=O)=O. The van der Waals surface area contributed by atoms with Crippen molar-refractivity contribution in [2.24, 2.45) is 0 Å². The summed E-state index contributed by atoms with van der Waals surface area (Å²) in [7, 11) is -3.60. The number of sulfonamides is 1. The fraction of sp³-hybridized carbons (Fsp3) is 0.350. The highest BCUT2D eigenvalue weighted by Crippen LogP contribution is 2.28. The molecular formula is C20H26N2O3S. The van der Waals surface area contributed by atoms with Crippen molar-refractivity contribution in [2.75, 3.05) is 17.1 Å². The average molecular weight is 375 g/mol. The minimum Gasteiger partial charge on any atom is -0.348 e. The number of nitrogens with one attached hydrogen (secondary N) is 1. The summed E-state index contributed by atoms with van der Waals surface area (Å²) in [5.41, 5.74) is 2.41. The molecule has 26 heavy (non-hydrogen) atoms. The Morgan fingerprint density at radius 1 is 1.00 bits per heavy atom. The average Bonchev–Trinajstić information content (AvgIpc) is 2.59. The van der Waals surface area contributed by atoms with E-state index in [1.807, 2.05) is 63.2 Å². The highest BCUT2D eigenvalue weighted by Gasteiger charge is 2.24. The Morgan fingerprint density at radius 3 is 2.15 bits per heavy atom. The van der Waals surface area contributed by atoms with Gasteiger partial charge in [0, 0.05) is 0 Å². The van der Waals surface area contributed by atoms with Gasteiger partial charge in [0.15, 0.2) is 0 Å². The Kier molecular flexibility index (Phi) is 6.42. The highest BCUT2D eigenvalue weighted by molar-refractivity contribution is 7.92. The van der Waals surface area contributed by atoms with Crippen LogP contribution in [0.3, 0.4) is 0 Å². The third kappa shape index (κ3) is 5.08. The maximum atomic E-state index is 12.5. The zero-order valence-corrected chi connectivity index (χ0v) is 16.5. The second-order valence-electron chi connectivity index (χ2n) is 6.68. The number of hydrogen-bond donors (Lipinski definition) is 1. The Hall–Kier alpha value is -2.34. The molecule has 2 aromatic carbocycles. The molecule has 0 unspecified atom stereocenters. The maximum absolute atomic E-state index is 12.5. The van der Waals surface area contributed by atoms with Crippen molar-refractivity contribution in [1.82, 2.24) is 5.32 Å². The van der Waals surface area contributed by atoms with E-state index in [1.54, 1.807) is 12.1 Å². The Bertz CT molecular complexity index is 848. The molecule has 0 radical (unpaired) electrons. The van der Waals surface area contributed by atoms with E-state index in [0.717, 1.165) is 17.4 Å². The Morgan fingerprint density at radius 2 is 1.58 bits per heavy atom. The van der Waals surface area contributed by atoms with E-state index in [2.05, 4.69) is 5.32 Å². The molecule has 0 spiro atoms. The van der Waals surface area contributed by atoms with Gasteiger partial charge in [-0.1, -0.05) is 62.4 Å². The third-order valence-electron chi connectivity index (χ3n) is 4.19. The summed E-state index contributed by atoms with van der Waals surface area (Å²) in [6.07, 6.45) is 1.12. The third-order valence-corrected chi connectivity index (χ3v) is 5.32. The van der Waals surface area contributed by atoms with Gasteiger partial charge in [-0.05, 0) is 30.0 Å². The van der Waals surface area contributed by atoms with Gasteiger partial charge in [-0.25, -0.2) is 8.42 Å². The minimum atomic E-state index is -3.60. The summed E-state index contributed by atoms with van der Waals surface area (Å²) >= 11 is 0. The van der Waals surface area contributed by atoms with E-state index < -0.39 is 10.0 Å². The molecule has 0 bridgehead atoms. The lowest BCUT2D eigenvalue weighted by Gasteiger charge is -2.26. The van der Waals surface area contributed by atoms with Crippen molar-refractivity contribution in [3.05, 3.63) is 65.7 Å². The van der Waals surface area contributed by atoms with Gasteiger partial charge in [0.25, 0.3) is 0 Å². The van der Waals surface area contributed by atoms with Crippen LogP contribution < -0.4 is 9.62 Å². The van der Waals surface area contributed by atoms with Crippen molar-refractivity contribution < 1.29 is 13.2 Å². The van der Waals surface area contributed by atoms with Crippen LogP contribution in [0.1, 0.15) is 43.9 Å². The van der Waals surface area contributed by atoms with Gasteiger partial charge in [-0.2, -0.15) is 0 Å². The predicted octanol–water partition coefficient (Wildman–Crippen LogP) is 3.45. The number of benzene rings is 2. The lowest BCUT2D eigenvalue weighted by atomic mass is 10.0. The quantitative estimate of drug-likeness (QED) is 0.807. The first kappa shape index (κ1) is 20.0. The van der Waals surface area contributed by atoms with E-state index in [1.165, 1.54) is 4.31 Å².